The molecule has 0 radical (unpaired) electrons. The zero-order valence-corrected chi connectivity index (χ0v) is 12.0. The molecule has 0 aliphatic carbocycles. The molecular formula is C15H22O4. The number of hydrogen-bond acceptors (Lipinski definition) is 4. The Morgan fingerprint density at radius 1 is 1.21 bits per heavy atom. The molecule has 0 amide bonds. The lowest BCUT2D eigenvalue weighted by atomic mass is 10.0. The molecule has 0 aliphatic rings. The van der Waals surface area contributed by atoms with Crippen molar-refractivity contribution in [3.63, 3.8) is 0 Å². The topological polar surface area (TPSA) is 47.9 Å². The summed E-state index contributed by atoms with van der Waals surface area (Å²) in [7, 11) is 3.15. The minimum absolute atomic E-state index is 0.0115. The van der Waals surface area contributed by atoms with E-state index in [1.54, 1.807) is 26.4 Å². The van der Waals surface area contributed by atoms with E-state index in [0.29, 0.717) is 29.2 Å². The van der Waals surface area contributed by atoms with Crippen LogP contribution in [0.3, 0.4) is 0 Å². The van der Waals surface area contributed by atoms with Crippen LogP contribution in [0.1, 0.15) is 25.0 Å². The largest absolute Gasteiger partial charge is 0.496 e. The Labute approximate surface area is 114 Å². The summed E-state index contributed by atoms with van der Waals surface area (Å²) in [6, 6.07) is 1.73. The Hall–Kier alpha value is -1.68. The third-order valence-electron chi connectivity index (χ3n) is 2.72. The van der Waals surface area contributed by atoms with Crippen LogP contribution in [0.5, 0.6) is 17.2 Å². The van der Waals surface area contributed by atoms with Gasteiger partial charge in [0, 0.05) is 17.2 Å². The maximum atomic E-state index is 9.57. The molecule has 1 N–H and O–H groups in total. The second-order valence-electron chi connectivity index (χ2n) is 4.38. The van der Waals surface area contributed by atoms with Crippen LogP contribution in [0.15, 0.2) is 18.7 Å². The number of methoxy groups -OCH3 is 2. The predicted molar refractivity (Wildman–Crippen MR) is 75.1 cm³/mol. The lowest BCUT2D eigenvalue weighted by molar-refractivity contribution is 0.223. The third-order valence-corrected chi connectivity index (χ3v) is 2.72. The van der Waals surface area contributed by atoms with Crippen molar-refractivity contribution in [2.45, 2.75) is 33.0 Å². The highest BCUT2D eigenvalue weighted by Gasteiger charge is 2.20. The molecule has 0 atom stereocenters. The molecule has 0 aliphatic heterocycles. The Balaban J connectivity index is 3.49. The molecule has 0 unspecified atom stereocenters. The van der Waals surface area contributed by atoms with Gasteiger partial charge in [-0.2, -0.15) is 0 Å². The van der Waals surface area contributed by atoms with Crippen molar-refractivity contribution in [3.8, 4) is 17.2 Å². The molecule has 0 saturated carbocycles. The standard InChI is InChI=1S/C15H22O4/c1-6-7-11-12(9-16)13(17-4)8-14(18-5)15(11)19-10(2)3/h6,8,10,16H,1,7,9H2,2-5H3. The SMILES string of the molecule is C=CCc1c(CO)c(OC)cc(OC)c1OC(C)C. The van der Waals surface area contributed by atoms with E-state index in [0.717, 1.165) is 5.56 Å². The monoisotopic (exact) mass is 266 g/mol. The first kappa shape index (κ1) is 15.4. The van der Waals surface area contributed by atoms with Crippen molar-refractivity contribution >= 4 is 0 Å². The number of ether oxygens (including phenoxy) is 3. The second kappa shape index (κ2) is 7.04. The van der Waals surface area contributed by atoms with Gasteiger partial charge >= 0.3 is 0 Å². The molecule has 1 aromatic rings. The summed E-state index contributed by atoms with van der Waals surface area (Å²) in [5, 5.41) is 9.57. The van der Waals surface area contributed by atoms with Crippen molar-refractivity contribution in [2.75, 3.05) is 14.2 Å². The molecule has 0 spiro atoms. The van der Waals surface area contributed by atoms with E-state index in [9.17, 15) is 5.11 Å². The highest BCUT2D eigenvalue weighted by atomic mass is 16.5. The average molecular weight is 266 g/mol. The van der Waals surface area contributed by atoms with Crippen LogP contribution in [0.25, 0.3) is 0 Å². The van der Waals surface area contributed by atoms with Gasteiger partial charge in [-0.1, -0.05) is 6.08 Å². The van der Waals surface area contributed by atoms with Gasteiger partial charge in [0.2, 0.25) is 0 Å². The summed E-state index contributed by atoms with van der Waals surface area (Å²) in [6.07, 6.45) is 2.35. The second-order valence-corrected chi connectivity index (χ2v) is 4.38. The first-order chi connectivity index (χ1) is 9.08. The lowest BCUT2D eigenvalue weighted by Crippen LogP contribution is -2.11. The smallest absolute Gasteiger partial charge is 0.165 e. The van der Waals surface area contributed by atoms with Gasteiger partial charge in [-0.15, -0.1) is 6.58 Å². The molecule has 0 bridgehead atoms. The number of aliphatic hydroxyl groups is 1. The number of benzene rings is 1. The normalized spacial score (nSPS) is 10.4. The van der Waals surface area contributed by atoms with Gasteiger partial charge in [0.25, 0.3) is 0 Å². The van der Waals surface area contributed by atoms with Gasteiger partial charge in [0.05, 0.1) is 26.9 Å². The summed E-state index contributed by atoms with van der Waals surface area (Å²) < 4.78 is 16.5. The van der Waals surface area contributed by atoms with E-state index in [4.69, 9.17) is 14.2 Å². The van der Waals surface area contributed by atoms with E-state index in [2.05, 4.69) is 6.58 Å². The van der Waals surface area contributed by atoms with Crippen LogP contribution >= 0.6 is 0 Å². The number of hydrogen-bond donors (Lipinski definition) is 1. The third kappa shape index (κ3) is 3.41. The van der Waals surface area contributed by atoms with Gasteiger partial charge in [-0.05, 0) is 20.3 Å². The molecule has 0 saturated heterocycles. The lowest BCUT2D eigenvalue weighted by Gasteiger charge is -2.21. The molecule has 106 valence electrons. The van der Waals surface area contributed by atoms with Crippen molar-refractivity contribution in [3.05, 3.63) is 29.8 Å². The molecule has 4 heteroatoms. The van der Waals surface area contributed by atoms with E-state index in [-0.39, 0.29) is 12.7 Å². The first-order valence-corrected chi connectivity index (χ1v) is 6.24. The van der Waals surface area contributed by atoms with Crippen molar-refractivity contribution < 1.29 is 19.3 Å². The maximum absolute atomic E-state index is 9.57. The zero-order valence-electron chi connectivity index (χ0n) is 12.0. The Morgan fingerprint density at radius 2 is 1.84 bits per heavy atom. The minimum Gasteiger partial charge on any atom is -0.496 e. The zero-order chi connectivity index (χ0) is 14.4. The van der Waals surface area contributed by atoms with E-state index < -0.39 is 0 Å². The number of rotatable bonds is 7. The van der Waals surface area contributed by atoms with Gasteiger partial charge < -0.3 is 19.3 Å². The van der Waals surface area contributed by atoms with E-state index >= 15 is 0 Å². The summed E-state index contributed by atoms with van der Waals surface area (Å²) in [5.41, 5.74) is 1.56. The van der Waals surface area contributed by atoms with Gasteiger partial charge in [-0.25, -0.2) is 0 Å². The highest BCUT2D eigenvalue weighted by Crippen LogP contribution is 2.40. The molecule has 1 rings (SSSR count). The van der Waals surface area contributed by atoms with Gasteiger partial charge in [-0.3, -0.25) is 0 Å². The summed E-state index contributed by atoms with van der Waals surface area (Å²) in [6.45, 7) is 7.51. The maximum Gasteiger partial charge on any atom is 0.165 e. The average Bonchev–Trinajstić information content (AvgIpc) is 2.39. The van der Waals surface area contributed by atoms with Crippen LogP contribution in [0.4, 0.5) is 0 Å². The van der Waals surface area contributed by atoms with Gasteiger partial charge in [0.15, 0.2) is 11.5 Å². The van der Waals surface area contributed by atoms with Crippen LogP contribution in [-0.2, 0) is 13.0 Å². The fourth-order valence-electron chi connectivity index (χ4n) is 1.94. The molecular weight excluding hydrogens is 244 g/mol. The van der Waals surface area contributed by atoms with Crippen LogP contribution in [-0.4, -0.2) is 25.4 Å². The summed E-state index contributed by atoms with van der Waals surface area (Å²) in [5.74, 6) is 1.83. The molecule has 0 fully saturated rings. The van der Waals surface area contributed by atoms with E-state index in [1.807, 2.05) is 13.8 Å². The van der Waals surface area contributed by atoms with Crippen molar-refractivity contribution in [2.24, 2.45) is 0 Å². The Morgan fingerprint density at radius 3 is 2.26 bits per heavy atom. The summed E-state index contributed by atoms with van der Waals surface area (Å²) >= 11 is 0. The fraction of sp³-hybridized carbons (Fsp3) is 0.467. The first-order valence-electron chi connectivity index (χ1n) is 6.24. The van der Waals surface area contributed by atoms with Crippen molar-refractivity contribution in [1.29, 1.82) is 0 Å². The Bertz CT molecular complexity index is 438. The predicted octanol–water partition coefficient (Wildman–Crippen LogP) is 2.71. The number of aliphatic hydroxyl groups excluding tert-OH is 1. The molecule has 4 nitrogen and oxygen atoms in total. The molecule has 0 heterocycles. The minimum atomic E-state index is -0.120. The molecule has 19 heavy (non-hydrogen) atoms. The van der Waals surface area contributed by atoms with Gasteiger partial charge in [0.1, 0.15) is 5.75 Å². The van der Waals surface area contributed by atoms with Crippen LogP contribution in [0.2, 0.25) is 0 Å². The van der Waals surface area contributed by atoms with Crippen LogP contribution < -0.4 is 14.2 Å². The number of allylic oxidation sites excluding steroid dienone is 1. The Kier molecular flexibility index (Phi) is 5.70. The highest BCUT2D eigenvalue weighted by molar-refractivity contribution is 5.58. The quantitative estimate of drug-likeness (QED) is 0.771. The van der Waals surface area contributed by atoms with Crippen LogP contribution in [0, 0.1) is 0 Å². The van der Waals surface area contributed by atoms with Crippen molar-refractivity contribution in [1.82, 2.24) is 0 Å². The molecule has 1 aromatic carbocycles. The fourth-order valence-corrected chi connectivity index (χ4v) is 1.94. The molecule has 0 aromatic heterocycles. The van der Waals surface area contributed by atoms with E-state index in [1.165, 1.54) is 0 Å². The summed E-state index contributed by atoms with van der Waals surface area (Å²) in [4.78, 5) is 0.